The van der Waals surface area contributed by atoms with E-state index in [1.807, 2.05) is 0 Å². The number of rotatable bonds is 18. The van der Waals surface area contributed by atoms with E-state index in [2.05, 4.69) is 114 Å². The highest BCUT2D eigenvalue weighted by molar-refractivity contribution is 5.76. The summed E-state index contributed by atoms with van der Waals surface area (Å²) in [4.78, 5) is 58.2. The quantitative estimate of drug-likeness (QED) is 0.124. The van der Waals surface area contributed by atoms with Gasteiger partial charge >= 0.3 is 0 Å². The lowest BCUT2D eigenvalue weighted by Crippen LogP contribution is -2.62. The van der Waals surface area contributed by atoms with Crippen molar-refractivity contribution in [1.82, 2.24) is 29.7 Å². The molecular weight excluding hydrogens is 751 g/mol. The summed E-state index contributed by atoms with van der Waals surface area (Å²) >= 11 is 0. The Morgan fingerprint density at radius 2 is 0.617 bits per heavy atom. The van der Waals surface area contributed by atoms with Gasteiger partial charge in [0, 0.05) is 73.6 Å². The molecule has 0 aliphatic carbocycles. The van der Waals surface area contributed by atoms with Crippen LogP contribution in [-0.4, -0.2) is 100 Å². The number of aromatic nitrogens is 3. The number of piperidine rings is 3. The van der Waals surface area contributed by atoms with Gasteiger partial charge in [0.1, 0.15) is 0 Å². The molecule has 3 amide bonds. The van der Waals surface area contributed by atoms with Crippen LogP contribution in [0.5, 0.6) is 0 Å². The average molecular weight is 838 g/mol. The van der Waals surface area contributed by atoms with E-state index in [1.165, 1.54) is 0 Å². The minimum absolute atomic E-state index is 0.141. The average Bonchev–Trinajstić information content (AvgIpc) is 3.03. The molecule has 4 heterocycles. The van der Waals surface area contributed by atoms with Crippen LogP contribution in [0.25, 0.3) is 0 Å². The van der Waals surface area contributed by atoms with Gasteiger partial charge in [-0.2, -0.15) is 15.0 Å². The van der Waals surface area contributed by atoms with Crippen molar-refractivity contribution < 1.29 is 14.4 Å². The van der Waals surface area contributed by atoms with E-state index in [0.29, 0.717) is 35.6 Å². The standard InChI is InChI=1S/C48H87N9O3/c1-34(58)55-43(4,5)28-37(29-44(55,6)7)22-16-19-25-49-40-52-41(50-26-20-17-23-38-30-45(8,9)56(35(2)59)46(10,11)31-38)54-42(53-40)51-27-21-18-24-39-32-47(12,13)57(36(3)60)48(14,15)33-39/h37-39H,16-33H2,1-15H3,(H3,49,50,51,52,53,54). The molecule has 3 aliphatic heterocycles. The number of nitrogens with one attached hydrogen (secondary N) is 3. The molecule has 0 unspecified atom stereocenters. The van der Waals surface area contributed by atoms with Gasteiger partial charge in [-0.25, -0.2) is 0 Å². The van der Waals surface area contributed by atoms with Gasteiger partial charge in [0.25, 0.3) is 0 Å². The highest BCUT2D eigenvalue weighted by atomic mass is 16.2. The summed E-state index contributed by atoms with van der Waals surface area (Å²) in [5.74, 6) is 4.05. The van der Waals surface area contributed by atoms with Crippen molar-refractivity contribution >= 4 is 35.6 Å². The first-order valence-corrected chi connectivity index (χ1v) is 23.6. The fourth-order valence-electron chi connectivity index (χ4n) is 13.5. The molecule has 0 bridgehead atoms. The number of amides is 3. The normalized spacial score (nSPS) is 22.4. The van der Waals surface area contributed by atoms with Crippen LogP contribution in [0.15, 0.2) is 0 Å². The van der Waals surface area contributed by atoms with Crippen LogP contribution in [0, 0.1) is 17.8 Å². The Labute approximate surface area is 365 Å². The summed E-state index contributed by atoms with van der Waals surface area (Å²) in [5.41, 5.74) is -0.845. The number of unbranched alkanes of at least 4 members (excludes halogenated alkanes) is 3. The molecule has 342 valence electrons. The Balaban J connectivity index is 1.30. The minimum atomic E-state index is -0.141. The number of hydrogen-bond donors (Lipinski definition) is 3. The Hall–Kier alpha value is -3.18. The van der Waals surface area contributed by atoms with Crippen LogP contribution in [0.1, 0.15) is 200 Å². The molecule has 3 N–H and O–H groups in total. The van der Waals surface area contributed by atoms with Gasteiger partial charge in [-0.1, -0.05) is 38.5 Å². The third-order valence-electron chi connectivity index (χ3n) is 13.9. The molecular formula is C48H87N9O3. The van der Waals surface area contributed by atoms with Crippen LogP contribution in [-0.2, 0) is 14.4 Å². The highest BCUT2D eigenvalue weighted by Gasteiger charge is 2.48. The second kappa shape index (κ2) is 19.5. The van der Waals surface area contributed by atoms with Gasteiger partial charge in [0.2, 0.25) is 35.6 Å². The molecule has 12 nitrogen and oxygen atoms in total. The second-order valence-corrected chi connectivity index (χ2v) is 22.8. The molecule has 0 atom stereocenters. The Morgan fingerprint density at radius 1 is 0.417 bits per heavy atom. The lowest BCUT2D eigenvalue weighted by molar-refractivity contribution is -0.150. The lowest BCUT2D eigenvalue weighted by Gasteiger charge is -2.55. The van der Waals surface area contributed by atoms with Crippen LogP contribution in [0.4, 0.5) is 17.8 Å². The predicted octanol–water partition coefficient (Wildman–Crippen LogP) is 10.1. The maximum absolute atomic E-state index is 12.5. The van der Waals surface area contributed by atoms with Crippen molar-refractivity contribution in [2.75, 3.05) is 35.6 Å². The Morgan fingerprint density at radius 3 is 0.800 bits per heavy atom. The van der Waals surface area contributed by atoms with E-state index >= 15 is 0 Å². The van der Waals surface area contributed by atoms with Gasteiger partial charge in [-0.3, -0.25) is 14.4 Å². The maximum Gasteiger partial charge on any atom is 0.229 e. The number of carbonyl (C=O) groups excluding carboxylic acids is 3. The lowest BCUT2D eigenvalue weighted by atomic mass is 9.72. The molecule has 0 spiro atoms. The van der Waals surface area contributed by atoms with Gasteiger partial charge in [-0.05, 0) is 159 Å². The van der Waals surface area contributed by atoms with Crippen LogP contribution >= 0.6 is 0 Å². The minimum Gasteiger partial charge on any atom is -0.354 e. The molecule has 1 aromatic heterocycles. The van der Waals surface area contributed by atoms with E-state index in [0.717, 1.165) is 116 Å². The number of anilines is 3. The topological polar surface area (TPSA) is 136 Å². The summed E-state index contributed by atoms with van der Waals surface area (Å²) < 4.78 is 0. The number of hydrogen-bond acceptors (Lipinski definition) is 9. The fraction of sp³-hybridized carbons (Fsp3) is 0.875. The van der Waals surface area contributed by atoms with Gasteiger partial charge < -0.3 is 30.7 Å². The predicted molar refractivity (Wildman–Crippen MR) is 247 cm³/mol. The molecule has 1 aromatic rings. The van der Waals surface area contributed by atoms with E-state index in [1.54, 1.807) is 20.8 Å². The first kappa shape index (κ1) is 49.5. The Bertz CT molecular complexity index is 1370. The molecule has 3 aliphatic rings. The summed E-state index contributed by atoms with van der Waals surface area (Å²) in [6, 6.07) is 0. The van der Waals surface area contributed by atoms with Crippen molar-refractivity contribution in [2.24, 2.45) is 17.8 Å². The van der Waals surface area contributed by atoms with Crippen LogP contribution in [0.2, 0.25) is 0 Å². The largest absolute Gasteiger partial charge is 0.354 e. The van der Waals surface area contributed by atoms with E-state index in [9.17, 15) is 14.4 Å². The van der Waals surface area contributed by atoms with Gasteiger partial charge in [0.05, 0.1) is 0 Å². The maximum atomic E-state index is 12.5. The fourth-order valence-corrected chi connectivity index (χ4v) is 13.5. The third-order valence-corrected chi connectivity index (χ3v) is 13.9. The van der Waals surface area contributed by atoms with Crippen LogP contribution < -0.4 is 16.0 Å². The van der Waals surface area contributed by atoms with E-state index < -0.39 is 0 Å². The van der Waals surface area contributed by atoms with Crippen LogP contribution in [0.3, 0.4) is 0 Å². The van der Waals surface area contributed by atoms with E-state index in [-0.39, 0.29) is 51.0 Å². The van der Waals surface area contributed by atoms with E-state index in [4.69, 9.17) is 15.0 Å². The molecule has 0 aromatic carbocycles. The number of carbonyl (C=O) groups is 3. The summed E-state index contributed by atoms with van der Waals surface area (Å²) in [6.07, 6.45) is 16.0. The molecule has 3 fully saturated rings. The summed E-state index contributed by atoms with van der Waals surface area (Å²) in [5, 5.41) is 10.5. The zero-order chi connectivity index (χ0) is 44.9. The zero-order valence-corrected chi connectivity index (χ0v) is 40.9. The molecule has 60 heavy (non-hydrogen) atoms. The molecule has 4 rings (SSSR count). The molecule has 0 radical (unpaired) electrons. The van der Waals surface area contributed by atoms with Gasteiger partial charge in [-0.15, -0.1) is 0 Å². The smallest absolute Gasteiger partial charge is 0.229 e. The highest BCUT2D eigenvalue weighted by Crippen LogP contribution is 2.45. The first-order chi connectivity index (χ1) is 27.7. The summed E-state index contributed by atoms with van der Waals surface area (Å²) in [6.45, 7) is 34.0. The van der Waals surface area contributed by atoms with Crippen molar-refractivity contribution in [3.8, 4) is 0 Å². The Kier molecular flexibility index (Phi) is 16.1. The molecule has 3 saturated heterocycles. The number of nitrogens with zero attached hydrogens (tertiary/aromatic N) is 6. The summed E-state index contributed by atoms with van der Waals surface area (Å²) in [7, 11) is 0. The van der Waals surface area contributed by atoms with Crippen molar-refractivity contribution in [3.63, 3.8) is 0 Å². The van der Waals surface area contributed by atoms with Gasteiger partial charge in [0.15, 0.2) is 0 Å². The van der Waals surface area contributed by atoms with Crippen molar-refractivity contribution in [3.05, 3.63) is 0 Å². The SMILES string of the molecule is CC(=O)N1C(C)(C)CC(CCCCNc2nc(NCCCCC3CC(C)(C)N(C(C)=O)C(C)(C)C3)nc(NCCCCC3CC(C)(C)N(C(C)=O)C(C)(C)C3)n2)CC1(C)C. The molecule has 0 saturated carbocycles. The zero-order valence-electron chi connectivity index (χ0n) is 40.9. The van der Waals surface area contributed by atoms with Crippen molar-refractivity contribution in [1.29, 1.82) is 0 Å². The van der Waals surface area contributed by atoms with Crippen molar-refractivity contribution in [2.45, 2.75) is 233 Å². The second-order valence-electron chi connectivity index (χ2n) is 22.8. The number of likely N-dealkylation sites (tertiary alicyclic amines) is 3. The third kappa shape index (κ3) is 12.9. The first-order valence-electron chi connectivity index (χ1n) is 23.6. The monoisotopic (exact) mass is 838 g/mol. The molecule has 12 heteroatoms.